The lowest BCUT2D eigenvalue weighted by Crippen LogP contribution is -2.25. The topological polar surface area (TPSA) is 24.9 Å². The Balaban J connectivity index is 2.00. The molecular formula is C16H18F2N2S. The molecule has 0 saturated heterocycles. The van der Waals surface area contributed by atoms with E-state index >= 15 is 0 Å². The summed E-state index contributed by atoms with van der Waals surface area (Å²) in [6.07, 6.45) is 4.05. The van der Waals surface area contributed by atoms with E-state index < -0.39 is 17.7 Å². The van der Waals surface area contributed by atoms with Gasteiger partial charge in [0.15, 0.2) is 0 Å². The van der Waals surface area contributed by atoms with Crippen molar-refractivity contribution in [3.8, 4) is 0 Å². The van der Waals surface area contributed by atoms with Crippen LogP contribution in [0.2, 0.25) is 0 Å². The molecule has 1 aromatic heterocycles. The van der Waals surface area contributed by atoms with Gasteiger partial charge < -0.3 is 5.32 Å². The van der Waals surface area contributed by atoms with Crippen molar-refractivity contribution in [2.45, 2.75) is 38.6 Å². The molecule has 0 amide bonds. The third-order valence-corrected chi connectivity index (χ3v) is 4.97. The molecule has 2 aromatic rings. The summed E-state index contributed by atoms with van der Waals surface area (Å²) in [6.45, 7) is 2.73. The van der Waals surface area contributed by atoms with Crippen LogP contribution in [0.5, 0.6) is 0 Å². The first kappa shape index (κ1) is 14.6. The van der Waals surface area contributed by atoms with Gasteiger partial charge in [0, 0.05) is 10.4 Å². The van der Waals surface area contributed by atoms with Gasteiger partial charge in [0.2, 0.25) is 0 Å². The molecule has 0 spiro atoms. The zero-order chi connectivity index (χ0) is 14.8. The molecule has 21 heavy (non-hydrogen) atoms. The van der Waals surface area contributed by atoms with Gasteiger partial charge >= 0.3 is 0 Å². The Kier molecular flexibility index (Phi) is 4.31. The maximum atomic E-state index is 14.1. The molecule has 1 atom stereocenters. The molecule has 112 valence electrons. The summed E-state index contributed by atoms with van der Waals surface area (Å²) in [5, 5.41) is 4.02. The van der Waals surface area contributed by atoms with Gasteiger partial charge in [0.1, 0.15) is 16.6 Å². The largest absolute Gasteiger partial charge is 0.304 e. The Morgan fingerprint density at radius 3 is 2.71 bits per heavy atom. The molecule has 5 heteroatoms. The van der Waals surface area contributed by atoms with E-state index in [1.165, 1.54) is 23.1 Å². The van der Waals surface area contributed by atoms with Crippen molar-refractivity contribution in [1.82, 2.24) is 10.3 Å². The van der Waals surface area contributed by atoms with E-state index in [1.807, 2.05) is 6.92 Å². The number of rotatable bonds is 5. The normalized spacial score (nSPS) is 15.2. The number of hydrogen-bond donors (Lipinski definition) is 1. The lowest BCUT2D eigenvalue weighted by Gasteiger charge is -2.18. The number of fused-ring (bicyclic) bond motifs is 1. The molecule has 1 N–H and O–H groups in total. The Morgan fingerprint density at radius 2 is 2.05 bits per heavy atom. The maximum absolute atomic E-state index is 14.1. The maximum Gasteiger partial charge on any atom is 0.131 e. The molecular weight excluding hydrogens is 290 g/mol. The van der Waals surface area contributed by atoms with Gasteiger partial charge in [-0.1, -0.05) is 13.0 Å². The highest BCUT2D eigenvalue weighted by Gasteiger charge is 2.27. The molecule has 3 rings (SSSR count). The summed E-state index contributed by atoms with van der Waals surface area (Å²) in [5.41, 5.74) is 1.19. The van der Waals surface area contributed by atoms with Crippen molar-refractivity contribution in [3.63, 3.8) is 0 Å². The molecule has 0 fully saturated rings. The molecule has 0 bridgehead atoms. The van der Waals surface area contributed by atoms with Crippen molar-refractivity contribution >= 4 is 11.3 Å². The van der Waals surface area contributed by atoms with Crippen LogP contribution in [0.3, 0.4) is 0 Å². The van der Waals surface area contributed by atoms with Crippen LogP contribution < -0.4 is 5.32 Å². The van der Waals surface area contributed by atoms with Gasteiger partial charge in [-0.25, -0.2) is 13.8 Å². The first-order valence-electron chi connectivity index (χ1n) is 7.36. The summed E-state index contributed by atoms with van der Waals surface area (Å²) in [5.74, 6) is -1.03. The highest BCUT2D eigenvalue weighted by atomic mass is 32.1. The van der Waals surface area contributed by atoms with Gasteiger partial charge in [-0.3, -0.25) is 0 Å². The number of aryl methyl sites for hydroxylation is 2. The fourth-order valence-corrected chi connectivity index (χ4v) is 3.96. The summed E-state index contributed by atoms with van der Waals surface area (Å²) < 4.78 is 28.2. The van der Waals surface area contributed by atoms with Crippen LogP contribution in [-0.2, 0) is 12.8 Å². The number of nitrogens with one attached hydrogen (secondary N) is 1. The Hall–Kier alpha value is -1.33. The second-order valence-electron chi connectivity index (χ2n) is 5.30. The van der Waals surface area contributed by atoms with Gasteiger partial charge in [0.05, 0.1) is 11.7 Å². The monoisotopic (exact) mass is 308 g/mol. The predicted molar refractivity (Wildman–Crippen MR) is 80.6 cm³/mol. The SMILES string of the molecule is CCCNC(c1nc2c(s1)CCC2)c1c(F)cccc1F. The average Bonchev–Trinajstić information content (AvgIpc) is 3.03. The van der Waals surface area contributed by atoms with Crippen LogP contribution in [0.4, 0.5) is 8.78 Å². The highest BCUT2D eigenvalue weighted by Crippen LogP contribution is 2.34. The number of halogens is 2. The number of aromatic nitrogens is 1. The first-order chi connectivity index (χ1) is 10.2. The molecule has 1 aliphatic carbocycles. The number of hydrogen-bond acceptors (Lipinski definition) is 3. The Morgan fingerprint density at radius 1 is 1.29 bits per heavy atom. The van der Waals surface area contributed by atoms with Gasteiger partial charge in [-0.2, -0.15) is 0 Å². The number of benzene rings is 1. The standard InChI is InChI=1S/C16H18F2N2S/c1-2-9-19-15(14-10(17)5-3-6-11(14)18)16-20-12-7-4-8-13(12)21-16/h3,5-6,15,19H,2,4,7-9H2,1H3. The van der Waals surface area contributed by atoms with Crippen LogP contribution in [0.15, 0.2) is 18.2 Å². The lowest BCUT2D eigenvalue weighted by atomic mass is 10.1. The fraction of sp³-hybridized carbons (Fsp3) is 0.438. The van der Waals surface area contributed by atoms with E-state index in [0.29, 0.717) is 6.54 Å². The van der Waals surface area contributed by atoms with Crippen LogP contribution in [0, 0.1) is 11.6 Å². The highest BCUT2D eigenvalue weighted by molar-refractivity contribution is 7.11. The number of thiazole rings is 1. The van der Waals surface area contributed by atoms with Crippen molar-refractivity contribution in [2.24, 2.45) is 0 Å². The minimum absolute atomic E-state index is 0.0818. The van der Waals surface area contributed by atoms with Gasteiger partial charge in [-0.15, -0.1) is 11.3 Å². The molecule has 1 aliphatic rings. The Labute approximate surface area is 127 Å². The minimum Gasteiger partial charge on any atom is -0.304 e. The van der Waals surface area contributed by atoms with E-state index in [9.17, 15) is 8.78 Å². The molecule has 0 saturated carbocycles. The van der Waals surface area contributed by atoms with E-state index in [-0.39, 0.29) is 5.56 Å². The zero-order valence-electron chi connectivity index (χ0n) is 12.0. The molecule has 0 radical (unpaired) electrons. The van der Waals surface area contributed by atoms with Crippen LogP contribution >= 0.6 is 11.3 Å². The minimum atomic E-state index is -0.515. The molecule has 0 aliphatic heterocycles. The molecule has 1 unspecified atom stereocenters. The lowest BCUT2D eigenvalue weighted by molar-refractivity contribution is 0.501. The number of nitrogens with zero attached hydrogens (tertiary/aromatic N) is 1. The second-order valence-corrected chi connectivity index (χ2v) is 6.41. The second kappa shape index (κ2) is 6.20. The van der Waals surface area contributed by atoms with Crippen molar-refractivity contribution in [3.05, 3.63) is 51.0 Å². The van der Waals surface area contributed by atoms with E-state index in [1.54, 1.807) is 11.3 Å². The first-order valence-corrected chi connectivity index (χ1v) is 8.18. The fourth-order valence-electron chi connectivity index (χ4n) is 2.72. The predicted octanol–water partition coefficient (Wildman–Crippen LogP) is 4.00. The van der Waals surface area contributed by atoms with Crippen molar-refractivity contribution in [1.29, 1.82) is 0 Å². The van der Waals surface area contributed by atoms with Gasteiger partial charge in [0.25, 0.3) is 0 Å². The molecule has 2 nitrogen and oxygen atoms in total. The Bertz CT molecular complexity index is 597. The zero-order valence-corrected chi connectivity index (χ0v) is 12.8. The quantitative estimate of drug-likeness (QED) is 0.903. The average molecular weight is 308 g/mol. The van der Waals surface area contributed by atoms with Crippen LogP contribution in [0.1, 0.15) is 46.9 Å². The summed E-state index contributed by atoms with van der Waals surface area (Å²) >= 11 is 1.59. The summed E-state index contributed by atoms with van der Waals surface area (Å²) in [7, 11) is 0. The van der Waals surface area contributed by atoms with E-state index in [0.717, 1.165) is 36.4 Å². The van der Waals surface area contributed by atoms with Crippen molar-refractivity contribution in [2.75, 3.05) is 6.54 Å². The third kappa shape index (κ3) is 2.85. The summed E-state index contributed by atoms with van der Waals surface area (Å²) in [6, 6.07) is 3.51. The van der Waals surface area contributed by atoms with Crippen LogP contribution in [-0.4, -0.2) is 11.5 Å². The van der Waals surface area contributed by atoms with E-state index in [4.69, 9.17) is 0 Å². The molecule has 1 heterocycles. The molecule has 1 aromatic carbocycles. The smallest absolute Gasteiger partial charge is 0.131 e. The van der Waals surface area contributed by atoms with Gasteiger partial charge in [-0.05, 0) is 44.4 Å². The van der Waals surface area contributed by atoms with E-state index in [2.05, 4.69) is 10.3 Å². The van der Waals surface area contributed by atoms with Crippen molar-refractivity contribution < 1.29 is 8.78 Å². The van der Waals surface area contributed by atoms with Crippen LogP contribution in [0.25, 0.3) is 0 Å². The summed E-state index contributed by atoms with van der Waals surface area (Å²) in [4.78, 5) is 5.89. The third-order valence-electron chi connectivity index (χ3n) is 3.75.